The molecule has 0 spiro atoms. The molecule has 3 heterocycles. The fourth-order valence-corrected chi connectivity index (χ4v) is 3.47. The molecular weight excluding hydrogens is 352 g/mol. The molecule has 0 saturated carbocycles. The maximum absolute atomic E-state index is 11.0. The van der Waals surface area contributed by atoms with E-state index >= 15 is 0 Å². The highest BCUT2D eigenvalue weighted by Gasteiger charge is 2.37. The number of aromatic nitrogens is 2. The molecule has 2 aliphatic rings. The molecule has 4 rings (SSSR count). The number of nitrogens with zero attached hydrogens (tertiary/aromatic N) is 4. The summed E-state index contributed by atoms with van der Waals surface area (Å²) in [7, 11) is 0. The molecule has 0 fully saturated rings. The SMILES string of the molecule is Cc1cc(NC2=CN(Sc3ccc(C(=O)O)cc3)CC3=NC=C[N+]23)n[nH]1. The number of rotatable bonds is 5. The Hall–Kier alpha value is -3.04. The number of amidine groups is 1. The summed E-state index contributed by atoms with van der Waals surface area (Å²) >= 11 is 1.51. The van der Waals surface area contributed by atoms with E-state index in [2.05, 4.69) is 20.5 Å². The molecule has 26 heavy (non-hydrogen) atoms. The summed E-state index contributed by atoms with van der Waals surface area (Å²) in [6.45, 7) is 2.57. The maximum atomic E-state index is 11.0. The summed E-state index contributed by atoms with van der Waals surface area (Å²) in [6, 6.07) is 8.73. The number of fused-ring (bicyclic) bond motifs is 1. The third kappa shape index (κ3) is 3.35. The van der Waals surface area contributed by atoms with Crippen LogP contribution >= 0.6 is 11.9 Å². The van der Waals surface area contributed by atoms with Crippen LogP contribution in [0.25, 0.3) is 0 Å². The number of aromatic amines is 1. The van der Waals surface area contributed by atoms with Gasteiger partial charge in [0.2, 0.25) is 0 Å². The molecule has 8 nitrogen and oxygen atoms in total. The molecule has 0 atom stereocenters. The summed E-state index contributed by atoms with van der Waals surface area (Å²) < 4.78 is 2.04. The van der Waals surface area contributed by atoms with Crippen LogP contribution in [0.1, 0.15) is 16.1 Å². The van der Waals surface area contributed by atoms with Crippen molar-refractivity contribution in [2.75, 3.05) is 11.9 Å². The van der Waals surface area contributed by atoms with E-state index in [1.165, 1.54) is 11.9 Å². The van der Waals surface area contributed by atoms with Gasteiger partial charge in [-0.15, -0.1) is 0 Å². The van der Waals surface area contributed by atoms with E-state index in [9.17, 15) is 4.79 Å². The van der Waals surface area contributed by atoms with Crippen molar-refractivity contribution >= 4 is 29.6 Å². The molecule has 3 N–H and O–H groups in total. The summed E-state index contributed by atoms with van der Waals surface area (Å²) in [5.41, 5.74) is 1.25. The monoisotopic (exact) mass is 368 g/mol. The average Bonchev–Trinajstić information content (AvgIpc) is 3.24. The standard InChI is InChI=1S/C17H16N6O2S/c1-11-8-14(21-20-11)19-16-10-22(9-15-18-6-7-23(15)16)26-13-4-2-12(3-5-13)17(24)25/h2-8,10H,9H2,1H3,(H,24,25)(H2,19,20,21)/q+1. The van der Waals surface area contributed by atoms with Crippen LogP contribution < -0.4 is 10.2 Å². The Bertz CT molecular complexity index is 931. The Kier molecular flexibility index (Phi) is 4.23. The summed E-state index contributed by atoms with van der Waals surface area (Å²) in [6.07, 6.45) is 5.64. The van der Waals surface area contributed by atoms with E-state index in [1.807, 2.05) is 34.6 Å². The second-order valence-electron chi connectivity index (χ2n) is 5.79. The van der Waals surface area contributed by atoms with Gasteiger partial charge in [0.05, 0.1) is 18.0 Å². The largest absolute Gasteiger partial charge is 0.478 e. The van der Waals surface area contributed by atoms with Crippen molar-refractivity contribution in [2.24, 2.45) is 4.99 Å². The van der Waals surface area contributed by atoms with Crippen LogP contribution in [-0.2, 0) is 0 Å². The predicted octanol–water partition coefficient (Wildman–Crippen LogP) is 2.67. The number of anilines is 1. The number of aromatic carboxylic acids is 1. The normalized spacial score (nSPS) is 16.3. The Balaban J connectivity index is 1.54. The van der Waals surface area contributed by atoms with Crippen molar-refractivity contribution in [3.63, 3.8) is 0 Å². The van der Waals surface area contributed by atoms with Crippen LogP contribution in [-0.4, -0.2) is 38.0 Å². The fourth-order valence-electron chi connectivity index (χ4n) is 2.61. The molecule has 1 aromatic carbocycles. The van der Waals surface area contributed by atoms with Gasteiger partial charge in [0.25, 0.3) is 11.7 Å². The lowest BCUT2D eigenvalue weighted by atomic mass is 10.2. The predicted molar refractivity (Wildman–Crippen MR) is 99.7 cm³/mol. The molecule has 0 saturated heterocycles. The number of carboxylic acid groups (broad SMARTS) is 1. The number of benzene rings is 1. The zero-order valence-electron chi connectivity index (χ0n) is 13.9. The van der Waals surface area contributed by atoms with Crippen LogP contribution in [0, 0.1) is 6.92 Å². The Morgan fingerprint density at radius 3 is 2.88 bits per heavy atom. The van der Waals surface area contributed by atoms with Crippen LogP contribution in [0.2, 0.25) is 0 Å². The molecule has 1 aromatic heterocycles. The summed E-state index contributed by atoms with van der Waals surface area (Å²) in [4.78, 5) is 18.3. The molecule has 0 unspecified atom stereocenters. The van der Waals surface area contributed by atoms with Gasteiger partial charge in [-0.1, -0.05) is 0 Å². The van der Waals surface area contributed by atoms with Crippen molar-refractivity contribution in [2.45, 2.75) is 11.8 Å². The van der Waals surface area contributed by atoms with E-state index in [0.29, 0.717) is 6.54 Å². The molecule has 0 amide bonds. The maximum Gasteiger partial charge on any atom is 0.335 e. The number of carboxylic acids is 1. The van der Waals surface area contributed by atoms with Crippen molar-refractivity contribution in [1.29, 1.82) is 0 Å². The second-order valence-corrected chi connectivity index (χ2v) is 6.91. The number of hydrogen-bond donors (Lipinski definition) is 3. The number of hydrogen-bond acceptors (Lipinski definition) is 7. The zero-order valence-corrected chi connectivity index (χ0v) is 14.7. The average molecular weight is 368 g/mol. The van der Waals surface area contributed by atoms with Gasteiger partial charge in [0.15, 0.2) is 12.0 Å². The summed E-state index contributed by atoms with van der Waals surface area (Å²) in [5, 5.41) is 19.4. The Labute approximate surface area is 154 Å². The molecule has 2 aromatic rings. The highest BCUT2D eigenvalue weighted by molar-refractivity contribution is 7.97. The molecule has 1 radical (unpaired) electrons. The van der Waals surface area contributed by atoms with Gasteiger partial charge in [-0.25, -0.2) is 4.79 Å². The van der Waals surface area contributed by atoms with Gasteiger partial charge in [-0.05, 0) is 48.0 Å². The van der Waals surface area contributed by atoms with Gasteiger partial charge in [-0.3, -0.25) is 14.7 Å². The minimum Gasteiger partial charge on any atom is -0.478 e. The first-order chi connectivity index (χ1) is 12.6. The van der Waals surface area contributed by atoms with Gasteiger partial charge in [-0.2, -0.15) is 10.1 Å². The van der Waals surface area contributed by atoms with Crippen LogP contribution in [0.15, 0.2) is 64.6 Å². The minimum absolute atomic E-state index is 0.273. The third-order valence-electron chi connectivity index (χ3n) is 3.83. The lowest BCUT2D eigenvalue weighted by Crippen LogP contribution is -2.42. The highest BCUT2D eigenvalue weighted by atomic mass is 32.2. The molecule has 131 valence electrons. The second kappa shape index (κ2) is 6.70. The number of carbonyl (C=O) groups is 1. The summed E-state index contributed by atoms with van der Waals surface area (Å²) in [5.74, 6) is 1.54. The van der Waals surface area contributed by atoms with Crippen molar-refractivity contribution in [3.8, 4) is 0 Å². The van der Waals surface area contributed by atoms with E-state index in [1.54, 1.807) is 30.5 Å². The third-order valence-corrected chi connectivity index (χ3v) is 4.78. The first kappa shape index (κ1) is 16.4. The van der Waals surface area contributed by atoms with E-state index < -0.39 is 5.97 Å². The number of aryl methyl sites for hydroxylation is 1. The highest BCUT2D eigenvalue weighted by Crippen LogP contribution is 2.28. The molecule has 9 heteroatoms. The van der Waals surface area contributed by atoms with Gasteiger partial charge in [0, 0.05) is 16.7 Å². The molecule has 2 aliphatic heterocycles. The quantitative estimate of drug-likeness (QED) is 0.554. The molecule has 0 bridgehead atoms. The lowest BCUT2D eigenvalue weighted by molar-refractivity contribution is 0.0697. The Morgan fingerprint density at radius 1 is 1.38 bits per heavy atom. The van der Waals surface area contributed by atoms with E-state index in [4.69, 9.17) is 5.11 Å². The van der Waals surface area contributed by atoms with Gasteiger partial charge >= 0.3 is 5.97 Å². The first-order valence-electron chi connectivity index (χ1n) is 7.90. The first-order valence-corrected chi connectivity index (χ1v) is 8.67. The molecular formula is C17H16N6O2S+. The zero-order chi connectivity index (χ0) is 18.1. The van der Waals surface area contributed by atoms with E-state index in [-0.39, 0.29) is 5.56 Å². The van der Waals surface area contributed by atoms with Crippen molar-refractivity contribution < 1.29 is 9.90 Å². The molecule has 0 aliphatic carbocycles. The van der Waals surface area contributed by atoms with Gasteiger partial charge in [0.1, 0.15) is 6.54 Å². The van der Waals surface area contributed by atoms with Crippen LogP contribution in [0.4, 0.5) is 5.82 Å². The van der Waals surface area contributed by atoms with E-state index in [0.717, 1.165) is 28.1 Å². The van der Waals surface area contributed by atoms with Crippen molar-refractivity contribution in [3.05, 3.63) is 66.0 Å². The fraction of sp³-hybridized carbons (Fsp3) is 0.118. The van der Waals surface area contributed by atoms with Gasteiger partial charge < -0.3 is 5.11 Å². The smallest absolute Gasteiger partial charge is 0.335 e. The minimum atomic E-state index is -0.928. The lowest BCUT2D eigenvalue weighted by Gasteiger charge is -2.24. The van der Waals surface area contributed by atoms with Crippen molar-refractivity contribution in [1.82, 2.24) is 19.4 Å². The Morgan fingerprint density at radius 2 is 2.19 bits per heavy atom. The number of nitrogens with one attached hydrogen (secondary N) is 2. The van der Waals surface area contributed by atoms with Crippen LogP contribution in [0.3, 0.4) is 0 Å². The van der Waals surface area contributed by atoms with Crippen LogP contribution in [0.5, 0.6) is 0 Å². The number of aliphatic imine (C=N–C) groups is 1. The topological polar surface area (TPSA) is 99.5 Å². The number of H-pyrrole nitrogens is 1.